The summed E-state index contributed by atoms with van der Waals surface area (Å²) in [6, 6.07) is 2.54. The van der Waals surface area contributed by atoms with E-state index < -0.39 is 17.3 Å². The van der Waals surface area contributed by atoms with Gasteiger partial charge in [-0.05, 0) is 19.1 Å². The first kappa shape index (κ1) is 8.68. The lowest BCUT2D eigenvalue weighted by Gasteiger charge is -1.96. The highest BCUT2D eigenvalue weighted by Gasteiger charge is 2.18. The van der Waals surface area contributed by atoms with E-state index >= 15 is 0 Å². The molecule has 5 heteroatoms. The van der Waals surface area contributed by atoms with Crippen LogP contribution in [0.15, 0.2) is 16.7 Å². The summed E-state index contributed by atoms with van der Waals surface area (Å²) >= 11 is 0. The molecule has 4 nitrogen and oxygen atoms in total. The number of nitrogens with zero attached hydrogens (tertiary/aromatic N) is 1. The summed E-state index contributed by atoms with van der Waals surface area (Å²) < 4.78 is 17.9. The predicted octanol–water partition coefficient (Wildman–Crippen LogP) is 1.97. The van der Waals surface area contributed by atoms with E-state index in [1.54, 1.807) is 6.92 Å². The van der Waals surface area contributed by atoms with Crippen LogP contribution < -0.4 is 0 Å². The van der Waals surface area contributed by atoms with Crippen LogP contribution in [0.4, 0.5) is 4.39 Å². The minimum Gasteiger partial charge on any atom is -0.478 e. The van der Waals surface area contributed by atoms with Crippen molar-refractivity contribution in [3.8, 4) is 0 Å². The van der Waals surface area contributed by atoms with E-state index in [0.717, 1.165) is 6.07 Å². The maximum Gasteiger partial charge on any atom is 0.341 e. The number of benzene rings is 1. The van der Waals surface area contributed by atoms with Gasteiger partial charge in [0.1, 0.15) is 22.7 Å². The number of hydrogen-bond acceptors (Lipinski definition) is 3. The molecule has 2 rings (SSSR count). The van der Waals surface area contributed by atoms with Crippen molar-refractivity contribution in [1.29, 1.82) is 0 Å². The summed E-state index contributed by atoms with van der Waals surface area (Å²) in [5.74, 6) is -1.68. The summed E-state index contributed by atoms with van der Waals surface area (Å²) in [6.45, 7) is 1.64. The van der Waals surface area contributed by atoms with Crippen LogP contribution in [-0.2, 0) is 0 Å². The molecule has 0 aliphatic rings. The summed E-state index contributed by atoms with van der Waals surface area (Å²) in [7, 11) is 0. The number of aryl methyl sites for hydroxylation is 1. The van der Waals surface area contributed by atoms with Gasteiger partial charge < -0.3 is 9.63 Å². The number of hydrogen-bond donors (Lipinski definition) is 1. The first-order valence-electron chi connectivity index (χ1n) is 3.89. The van der Waals surface area contributed by atoms with Gasteiger partial charge in [0.2, 0.25) is 0 Å². The van der Waals surface area contributed by atoms with Crippen molar-refractivity contribution in [2.75, 3.05) is 0 Å². The van der Waals surface area contributed by atoms with E-state index in [1.165, 1.54) is 6.07 Å². The molecule has 1 aromatic heterocycles. The molecular formula is C9H6FNO3. The van der Waals surface area contributed by atoms with Crippen molar-refractivity contribution in [3.05, 3.63) is 29.3 Å². The van der Waals surface area contributed by atoms with Gasteiger partial charge in [-0.2, -0.15) is 0 Å². The van der Waals surface area contributed by atoms with E-state index in [2.05, 4.69) is 5.16 Å². The van der Waals surface area contributed by atoms with Crippen LogP contribution in [0.25, 0.3) is 10.9 Å². The molecule has 1 heterocycles. The largest absolute Gasteiger partial charge is 0.478 e. The molecule has 0 saturated heterocycles. The SMILES string of the molecule is Cc1onc2c(C(=O)O)c(F)ccc12. The number of halogens is 1. The normalized spacial score (nSPS) is 10.7. The highest BCUT2D eigenvalue weighted by atomic mass is 19.1. The first-order chi connectivity index (χ1) is 6.61. The second-order valence-electron chi connectivity index (χ2n) is 2.86. The molecule has 0 fully saturated rings. The molecule has 2 aromatic rings. The van der Waals surface area contributed by atoms with Gasteiger partial charge in [0.25, 0.3) is 0 Å². The molecule has 0 atom stereocenters. The number of carboxylic acid groups (broad SMARTS) is 1. The average molecular weight is 195 g/mol. The summed E-state index contributed by atoms with van der Waals surface area (Å²) in [6.07, 6.45) is 0. The number of rotatable bonds is 1. The van der Waals surface area contributed by atoms with Gasteiger partial charge in [0.05, 0.1) is 0 Å². The molecule has 0 radical (unpaired) electrons. The second-order valence-corrected chi connectivity index (χ2v) is 2.86. The van der Waals surface area contributed by atoms with Crippen molar-refractivity contribution in [2.24, 2.45) is 0 Å². The molecule has 72 valence electrons. The molecule has 0 aliphatic carbocycles. The smallest absolute Gasteiger partial charge is 0.341 e. The lowest BCUT2D eigenvalue weighted by Crippen LogP contribution is -2.01. The quantitative estimate of drug-likeness (QED) is 0.755. The average Bonchev–Trinajstić information content (AvgIpc) is 2.47. The number of aromatic carboxylic acids is 1. The fourth-order valence-corrected chi connectivity index (χ4v) is 1.31. The van der Waals surface area contributed by atoms with Gasteiger partial charge in [-0.15, -0.1) is 0 Å². The molecule has 0 saturated carbocycles. The van der Waals surface area contributed by atoms with Crippen molar-refractivity contribution in [2.45, 2.75) is 6.92 Å². The Bertz CT molecular complexity index is 518. The van der Waals surface area contributed by atoms with Crippen molar-refractivity contribution < 1.29 is 18.8 Å². The van der Waals surface area contributed by atoms with E-state index in [0.29, 0.717) is 11.1 Å². The van der Waals surface area contributed by atoms with Crippen LogP contribution in [0.5, 0.6) is 0 Å². The molecular weight excluding hydrogens is 189 g/mol. The molecule has 0 spiro atoms. The van der Waals surface area contributed by atoms with Crippen LogP contribution in [0, 0.1) is 12.7 Å². The fraction of sp³-hybridized carbons (Fsp3) is 0.111. The van der Waals surface area contributed by atoms with E-state index in [9.17, 15) is 9.18 Å². The Balaban J connectivity index is 2.90. The number of aromatic nitrogens is 1. The van der Waals surface area contributed by atoms with Crippen LogP contribution >= 0.6 is 0 Å². The van der Waals surface area contributed by atoms with Crippen molar-refractivity contribution in [3.63, 3.8) is 0 Å². The summed E-state index contributed by atoms with van der Waals surface area (Å²) in [5.41, 5.74) is -0.394. The Labute approximate surface area is 77.9 Å². The minimum absolute atomic E-state index is 0.0509. The maximum atomic E-state index is 13.1. The number of fused-ring (bicyclic) bond motifs is 1. The zero-order valence-electron chi connectivity index (χ0n) is 7.24. The monoisotopic (exact) mass is 195 g/mol. The molecule has 14 heavy (non-hydrogen) atoms. The third kappa shape index (κ3) is 1.06. The maximum absolute atomic E-state index is 13.1. The first-order valence-corrected chi connectivity index (χ1v) is 3.89. The van der Waals surface area contributed by atoms with Crippen molar-refractivity contribution >= 4 is 16.9 Å². The van der Waals surface area contributed by atoms with E-state index in [-0.39, 0.29) is 5.52 Å². The van der Waals surface area contributed by atoms with Crippen LogP contribution in [0.1, 0.15) is 16.1 Å². The fourth-order valence-electron chi connectivity index (χ4n) is 1.31. The van der Waals surface area contributed by atoms with Gasteiger partial charge in [-0.3, -0.25) is 0 Å². The van der Waals surface area contributed by atoms with Crippen LogP contribution in [0.3, 0.4) is 0 Å². The Morgan fingerprint density at radius 2 is 2.29 bits per heavy atom. The highest BCUT2D eigenvalue weighted by molar-refractivity contribution is 6.02. The lowest BCUT2D eigenvalue weighted by atomic mass is 10.1. The van der Waals surface area contributed by atoms with Gasteiger partial charge >= 0.3 is 5.97 Å². The lowest BCUT2D eigenvalue weighted by molar-refractivity contribution is 0.0693. The van der Waals surface area contributed by atoms with Gasteiger partial charge in [-0.25, -0.2) is 9.18 Å². The van der Waals surface area contributed by atoms with Gasteiger partial charge in [0.15, 0.2) is 0 Å². The molecule has 1 aromatic carbocycles. The van der Waals surface area contributed by atoms with E-state index in [1.807, 2.05) is 0 Å². The number of carboxylic acids is 1. The Morgan fingerprint density at radius 3 is 2.93 bits per heavy atom. The standard InChI is InChI=1S/C9H6FNO3/c1-4-5-2-3-6(10)7(9(12)13)8(5)11-14-4/h2-3H,1H3,(H,12,13). The Morgan fingerprint density at radius 1 is 1.57 bits per heavy atom. The molecule has 0 amide bonds. The van der Waals surface area contributed by atoms with Crippen LogP contribution in [-0.4, -0.2) is 16.2 Å². The van der Waals surface area contributed by atoms with E-state index in [4.69, 9.17) is 9.63 Å². The zero-order valence-corrected chi connectivity index (χ0v) is 7.24. The number of carbonyl (C=O) groups is 1. The van der Waals surface area contributed by atoms with Crippen molar-refractivity contribution in [1.82, 2.24) is 5.16 Å². The highest BCUT2D eigenvalue weighted by Crippen LogP contribution is 2.23. The summed E-state index contributed by atoms with van der Waals surface area (Å²) in [4.78, 5) is 10.7. The topological polar surface area (TPSA) is 63.3 Å². The third-order valence-corrected chi connectivity index (χ3v) is 1.99. The van der Waals surface area contributed by atoms with Gasteiger partial charge in [-0.1, -0.05) is 5.16 Å². The third-order valence-electron chi connectivity index (χ3n) is 1.99. The second kappa shape index (κ2) is 2.80. The zero-order chi connectivity index (χ0) is 10.3. The van der Waals surface area contributed by atoms with Crippen LogP contribution in [0.2, 0.25) is 0 Å². The molecule has 1 N–H and O–H groups in total. The Kier molecular flexibility index (Phi) is 1.73. The minimum atomic E-state index is -1.35. The molecule has 0 bridgehead atoms. The predicted molar refractivity (Wildman–Crippen MR) is 45.7 cm³/mol. The summed E-state index contributed by atoms with van der Waals surface area (Å²) in [5, 5.41) is 12.8. The Hall–Kier alpha value is -1.91. The van der Waals surface area contributed by atoms with Gasteiger partial charge in [0, 0.05) is 5.39 Å². The molecule has 0 unspecified atom stereocenters. The molecule has 0 aliphatic heterocycles.